The minimum atomic E-state index is -1.32. The van der Waals surface area contributed by atoms with E-state index in [0.717, 1.165) is 11.6 Å². The highest BCUT2D eigenvalue weighted by Gasteiger charge is 2.32. The molecule has 3 rings (SSSR count). The van der Waals surface area contributed by atoms with Gasteiger partial charge in [-0.25, -0.2) is 0 Å². The summed E-state index contributed by atoms with van der Waals surface area (Å²) < 4.78 is 5.64. The maximum absolute atomic E-state index is 13.9. The fraction of sp³-hybridized carbons (Fsp3) is 0.450. The van der Waals surface area contributed by atoms with Gasteiger partial charge in [-0.15, -0.1) is 0 Å². The lowest BCUT2D eigenvalue weighted by atomic mass is 9.80. The summed E-state index contributed by atoms with van der Waals surface area (Å²) in [5, 5.41) is 24.9. The van der Waals surface area contributed by atoms with Crippen LogP contribution < -0.4 is 10.4 Å². The Morgan fingerprint density at radius 1 is 1.00 bits per heavy atom. The molecule has 1 heterocycles. The van der Waals surface area contributed by atoms with Crippen molar-refractivity contribution < 1.29 is 43.7 Å². The van der Waals surface area contributed by atoms with Crippen molar-refractivity contribution in [3.05, 3.63) is 93.8 Å². The number of aliphatic hydroxyl groups excluding tert-OH is 1. The second-order valence-electron chi connectivity index (χ2n) is 13.8. The molecule has 6 atom stereocenters. The zero-order valence-corrected chi connectivity index (χ0v) is 29.9. The normalized spacial score (nSPS) is 28.4. The summed E-state index contributed by atoms with van der Waals surface area (Å²) in [6.45, 7) is 12.4. The highest BCUT2D eigenvalue weighted by Crippen LogP contribution is 2.32. The number of nitrogens with one attached hydrogen (secondary N) is 1. The average Bonchev–Trinajstić information content (AvgIpc) is 3.04. The van der Waals surface area contributed by atoms with Crippen LogP contribution in [0.1, 0.15) is 90.1 Å². The van der Waals surface area contributed by atoms with Gasteiger partial charge in [-0.2, -0.15) is 0 Å². The van der Waals surface area contributed by atoms with Crippen LogP contribution in [0.15, 0.2) is 82.6 Å². The molecule has 1 aromatic carbocycles. The van der Waals surface area contributed by atoms with E-state index in [0.29, 0.717) is 12.0 Å². The number of fused-ring (bicyclic) bond motifs is 2. The van der Waals surface area contributed by atoms with Crippen LogP contribution >= 0.6 is 0 Å². The number of rotatable bonds is 7. The first-order valence-corrected chi connectivity index (χ1v) is 17.0. The number of aliphatic hydroxyl groups is 1. The Balaban J connectivity index is 1.94. The maximum Gasteiger partial charge on any atom is 0.303 e. The van der Waals surface area contributed by atoms with Crippen LogP contribution in [0.25, 0.3) is 0 Å². The van der Waals surface area contributed by atoms with Crippen molar-refractivity contribution in [1.82, 2.24) is 5.32 Å². The second kappa shape index (κ2) is 17.8. The molecule has 0 unspecified atom stereocenters. The molecule has 10 nitrogen and oxygen atoms in total. The molecule has 10 heteroatoms. The Labute approximate surface area is 294 Å². The molecule has 2 bridgehead atoms. The first kappa shape index (κ1) is 39.7. The summed E-state index contributed by atoms with van der Waals surface area (Å²) in [4.78, 5) is 76.4. The number of carbonyl (C=O) groups excluding carboxylic acids is 6. The van der Waals surface area contributed by atoms with Gasteiger partial charge in [-0.3, -0.25) is 24.0 Å². The number of carboxylic acids is 1. The quantitative estimate of drug-likeness (QED) is 0.239. The third kappa shape index (κ3) is 10.9. The molecule has 0 aromatic heterocycles. The van der Waals surface area contributed by atoms with E-state index in [9.17, 15) is 39.0 Å². The number of Topliss-reactive ketones (excluding diaryl/α,β-unsaturated/α-hetero) is 2. The van der Waals surface area contributed by atoms with Crippen LogP contribution in [-0.4, -0.2) is 52.5 Å². The molecule has 268 valence electrons. The minimum Gasteiger partial charge on any atom is -0.545 e. The standard InChI is InChI=1S/C40H49NO9/c1-22-17-25(4)36(45)26(5)19-27(6)38(50-28(7)42)23(2)9-8-10-24(3)39(47)41-34-21-35(44)32(33(18-22)37(34)46)16-15-31(43)20-29-11-13-30(14-12-29)40(48)49/h8-14,19,21-23,25-26,36,38,45H,15-18,20H2,1-7H3,(H,41,47)(H,48,49)/p-1/b9-8-,24-10+,27-19+/t22-,23-,25-,26-,36-,38+/m0/s1. The van der Waals surface area contributed by atoms with Gasteiger partial charge in [0.15, 0.2) is 5.78 Å². The van der Waals surface area contributed by atoms with Crippen LogP contribution in [-0.2, 0) is 35.1 Å². The van der Waals surface area contributed by atoms with Crippen LogP contribution in [0.5, 0.6) is 0 Å². The highest BCUT2D eigenvalue weighted by atomic mass is 16.5. The fourth-order valence-electron chi connectivity index (χ4n) is 6.55. The molecule has 50 heavy (non-hydrogen) atoms. The number of carbonyl (C=O) groups is 6. The number of aromatic carboxylic acids is 1. The predicted octanol–water partition coefficient (Wildman–Crippen LogP) is 4.47. The summed E-state index contributed by atoms with van der Waals surface area (Å²) in [7, 11) is 0. The number of ether oxygens (including phenoxy) is 1. The topological polar surface area (TPSA) is 167 Å². The molecular weight excluding hydrogens is 638 g/mol. The van der Waals surface area contributed by atoms with Crippen LogP contribution in [0.2, 0.25) is 0 Å². The number of carboxylic acid groups (broad SMARTS) is 1. The van der Waals surface area contributed by atoms with Gasteiger partial charge in [0, 0.05) is 54.4 Å². The summed E-state index contributed by atoms with van der Waals surface area (Å²) in [6.07, 6.45) is 7.42. The molecule has 1 aromatic rings. The van der Waals surface area contributed by atoms with Crippen molar-refractivity contribution in [2.75, 3.05) is 0 Å². The lowest BCUT2D eigenvalue weighted by Crippen LogP contribution is -2.33. The van der Waals surface area contributed by atoms with Crippen molar-refractivity contribution in [3.8, 4) is 0 Å². The molecule has 0 saturated heterocycles. The van der Waals surface area contributed by atoms with E-state index in [-0.39, 0.29) is 83.1 Å². The SMILES string of the molecule is CC(=O)O[C@H]1/C(C)=C/[C@H](C)[C@@H](O)[C@@H](C)C[C@H](C)CC2=C(CCC(=O)Cc3ccc(C(=O)[O-])cc3)C(=O)C=C(NC(=O)/C(C)=C/C=C\[C@@H]1C)C2=O. The Bertz CT molecular complexity index is 1660. The van der Waals surface area contributed by atoms with Crippen molar-refractivity contribution >= 4 is 35.2 Å². The van der Waals surface area contributed by atoms with Gasteiger partial charge in [0.25, 0.3) is 5.91 Å². The predicted molar refractivity (Wildman–Crippen MR) is 186 cm³/mol. The molecule has 2 N–H and O–H groups in total. The molecular formula is C40H48NO9-. The number of hydrogen-bond acceptors (Lipinski definition) is 9. The Kier molecular flexibility index (Phi) is 14.1. The second-order valence-corrected chi connectivity index (χ2v) is 13.8. The molecule has 0 saturated carbocycles. The Morgan fingerprint density at radius 2 is 1.66 bits per heavy atom. The summed E-state index contributed by atoms with van der Waals surface area (Å²) in [6, 6.07) is 5.79. The van der Waals surface area contributed by atoms with Crippen LogP contribution in [0.4, 0.5) is 0 Å². The third-order valence-electron chi connectivity index (χ3n) is 9.26. The highest BCUT2D eigenvalue weighted by molar-refractivity contribution is 6.24. The Hall–Kier alpha value is -4.70. The van der Waals surface area contributed by atoms with Crippen molar-refractivity contribution in [3.63, 3.8) is 0 Å². The zero-order valence-electron chi connectivity index (χ0n) is 29.9. The van der Waals surface area contributed by atoms with E-state index < -0.39 is 41.6 Å². The average molecular weight is 687 g/mol. The fourth-order valence-corrected chi connectivity index (χ4v) is 6.55. The summed E-state index contributed by atoms with van der Waals surface area (Å²) in [5.74, 6) is -4.40. The molecule has 1 amide bonds. The third-order valence-corrected chi connectivity index (χ3v) is 9.26. The largest absolute Gasteiger partial charge is 0.545 e. The molecule has 1 aliphatic heterocycles. The van der Waals surface area contributed by atoms with Gasteiger partial charge in [0.1, 0.15) is 11.9 Å². The van der Waals surface area contributed by atoms with Crippen LogP contribution in [0, 0.1) is 23.7 Å². The molecule has 0 radical (unpaired) electrons. The van der Waals surface area contributed by atoms with E-state index in [1.165, 1.54) is 31.2 Å². The molecule has 0 fully saturated rings. The van der Waals surface area contributed by atoms with Gasteiger partial charge >= 0.3 is 5.97 Å². The lowest BCUT2D eigenvalue weighted by Gasteiger charge is -2.28. The number of ketones is 3. The monoisotopic (exact) mass is 686 g/mol. The van der Waals surface area contributed by atoms with Gasteiger partial charge < -0.3 is 25.1 Å². The molecule has 0 spiro atoms. The lowest BCUT2D eigenvalue weighted by molar-refractivity contribution is -0.255. The Morgan fingerprint density at radius 3 is 2.28 bits per heavy atom. The molecule has 1 aliphatic carbocycles. The number of amides is 1. The number of esters is 1. The van der Waals surface area contributed by atoms with Gasteiger partial charge in [-0.05, 0) is 61.6 Å². The van der Waals surface area contributed by atoms with E-state index in [4.69, 9.17) is 4.74 Å². The van der Waals surface area contributed by atoms with Gasteiger partial charge in [0.05, 0.1) is 17.8 Å². The summed E-state index contributed by atoms with van der Waals surface area (Å²) in [5.41, 5.74) is 1.96. The van der Waals surface area contributed by atoms with Crippen molar-refractivity contribution in [1.29, 1.82) is 0 Å². The van der Waals surface area contributed by atoms with Gasteiger partial charge in [0.2, 0.25) is 5.78 Å². The smallest absolute Gasteiger partial charge is 0.303 e. The van der Waals surface area contributed by atoms with Gasteiger partial charge in [-0.1, -0.05) is 76.3 Å². The number of benzene rings is 1. The zero-order chi connectivity index (χ0) is 37.3. The van der Waals surface area contributed by atoms with E-state index in [1.54, 1.807) is 25.2 Å². The van der Waals surface area contributed by atoms with Crippen molar-refractivity contribution in [2.45, 2.75) is 92.8 Å². The van der Waals surface area contributed by atoms with E-state index in [1.807, 2.05) is 40.7 Å². The first-order chi connectivity index (χ1) is 23.5. The van der Waals surface area contributed by atoms with E-state index >= 15 is 0 Å². The number of allylic oxidation sites excluding steroid dienone is 5. The van der Waals surface area contributed by atoms with Crippen molar-refractivity contribution in [2.24, 2.45) is 23.7 Å². The minimum absolute atomic E-state index is 0.00245. The number of hydrogen-bond donors (Lipinski definition) is 2. The van der Waals surface area contributed by atoms with E-state index in [2.05, 4.69) is 5.32 Å². The first-order valence-electron chi connectivity index (χ1n) is 17.0. The summed E-state index contributed by atoms with van der Waals surface area (Å²) >= 11 is 0. The maximum atomic E-state index is 13.9. The van der Waals surface area contributed by atoms with Crippen LogP contribution in [0.3, 0.4) is 0 Å². The molecule has 2 aliphatic rings.